The van der Waals surface area contributed by atoms with Crippen LogP contribution in [0.5, 0.6) is 5.75 Å². The molecule has 3 aromatic rings. The fourth-order valence-electron chi connectivity index (χ4n) is 3.71. The lowest BCUT2D eigenvalue weighted by molar-refractivity contribution is 0.235. The molecule has 1 saturated carbocycles. The van der Waals surface area contributed by atoms with Crippen molar-refractivity contribution < 1.29 is 9.53 Å². The summed E-state index contributed by atoms with van der Waals surface area (Å²) in [6.45, 7) is 0. The molecule has 4 rings (SSSR count). The van der Waals surface area contributed by atoms with Crippen molar-refractivity contribution in [2.45, 2.75) is 37.8 Å². The number of nitrogens with one attached hydrogen (secondary N) is 2. The number of carbonyl (C=O) groups is 1. The predicted molar refractivity (Wildman–Crippen MR) is 110 cm³/mol. The lowest BCUT2D eigenvalue weighted by Gasteiger charge is -2.29. The predicted octanol–water partition coefficient (Wildman–Crippen LogP) is 3.65. The second kappa shape index (κ2) is 8.72. The third-order valence-corrected chi connectivity index (χ3v) is 5.24. The summed E-state index contributed by atoms with van der Waals surface area (Å²) in [5.41, 5.74) is 2.52. The Bertz CT molecular complexity index is 951. The van der Waals surface area contributed by atoms with Gasteiger partial charge in [0.05, 0.1) is 30.7 Å². The number of aromatic nitrogens is 4. The molecule has 0 radical (unpaired) electrons. The van der Waals surface area contributed by atoms with Crippen LogP contribution in [-0.2, 0) is 0 Å². The Hall–Kier alpha value is -3.42. The van der Waals surface area contributed by atoms with Crippen LogP contribution in [-0.4, -0.2) is 38.9 Å². The second-order valence-electron chi connectivity index (χ2n) is 7.11. The van der Waals surface area contributed by atoms with Crippen LogP contribution in [0.15, 0.2) is 55.2 Å². The molecule has 1 fully saturated rings. The third kappa shape index (κ3) is 4.53. The van der Waals surface area contributed by atoms with Gasteiger partial charge in [-0.1, -0.05) is 12.1 Å². The van der Waals surface area contributed by atoms with Crippen molar-refractivity contribution >= 4 is 11.7 Å². The zero-order chi connectivity index (χ0) is 20.1. The molecule has 0 aliphatic heterocycles. The molecular formula is C21H24N6O2. The van der Waals surface area contributed by atoms with E-state index in [4.69, 9.17) is 4.74 Å². The van der Waals surface area contributed by atoms with Gasteiger partial charge in [0.2, 0.25) is 0 Å². The van der Waals surface area contributed by atoms with Crippen molar-refractivity contribution in [1.29, 1.82) is 0 Å². The number of carbonyl (C=O) groups excluding carboxylic acids is 1. The van der Waals surface area contributed by atoms with Gasteiger partial charge in [0.1, 0.15) is 12.1 Å². The largest absolute Gasteiger partial charge is 0.495 e. The van der Waals surface area contributed by atoms with Crippen molar-refractivity contribution in [2.75, 3.05) is 12.4 Å². The highest BCUT2D eigenvalue weighted by Crippen LogP contribution is 2.29. The number of amides is 2. The van der Waals surface area contributed by atoms with Gasteiger partial charge in [0.15, 0.2) is 0 Å². The topological polar surface area (TPSA) is 94.0 Å². The Morgan fingerprint density at radius 1 is 1.17 bits per heavy atom. The van der Waals surface area contributed by atoms with Crippen LogP contribution < -0.4 is 15.4 Å². The Morgan fingerprint density at radius 3 is 2.76 bits per heavy atom. The standard InChI is InChI=1S/C21H24N6O2/c1-29-20-5-3-2-4-19(20)26-21(28)25-16-6-8-17(9-7-16)27-13-15(12-24-27)18-10-11-22-14-23-18/h2-5,10-14,16-17H,6-9H2,1H3,(H2,25,26,28). The summed E-state index contributed by atoms with van der Waals surface area (Å²) in [6, 6.07) is 9.53. The molecule has 0 saturated heterocycles. The summed E-state index contributed by atoms with van der Waals surface area (Å²) >= 11 is 0. The molecule has 2 N–H and O–H groups in total. The molecule has 2 amide bonds. The first-order chi connectivity index (χ1) is 14.2. The molecule has 1 aliphatic rings. The smallest absolute Gasteiger partial charge is 0.319 e. The summed E-state index contributed by atoms with van der Waals surface area (Å²) in [4.78, 5) is 20.6. The minimum absolute atomic E-state index is 0.151. The van der Waals surface area contributed by atoms with Gasteiger partial charge in [0, 0.05) is 24.0 Å². The maximum Gasteiger partial charge on any atom is 0.319 e. The number of benzene rings is 1. The number of urea groups is 1. The SMILES string of the molecule is COc1ccccc1NC(=O)NC1CCC(n2cc(-c3ccncn3)cn2)CC1. The Morgan fingerprint density at radius 2 is 2.00 bits per heavy atom. The fourth-order valence-corrected chi connectivity index (χ4v) is 3.71. The van der Waals surface area contributed by atoms with Crippen LogP contribution in [0.1, 0.15) is 31.7 Å². The van der Waals surface area contributed by atoms with Gasteiger partial charge in [-0.2, -0.15) is 5.10 Å². The quantitative estimate of drug-likeness (QED) is 0.691. The van der Waals surface area contributed by atoms with E-state index >= 15 is 0 Å². The van der Waals surface area contributed by atoms with E-state index < -0.39 is 0 Å². The molecule has 29 heavy (non-hydrogen) atoms. The van der Waals surface area contributed by atoms with Crippen LogP contribution >= 0.6 is 0 Å². The molecule has 0 unspecified atom stereocenters. The van der Waals surface area contributed by atoms with Gasteiger partial charge in [-0.05, 0) is 43.9 Å². The summed E-state index contributed by atoms with van der Waals surface area (Å²) < 4.78 is 7.29. The number of rotatable bonds is 5. The minimum atomic E-state index is -0.205. The van der Waals surface area contributed by atoms with E-state index in [9.17, 15) is 4.79 Å². The number of methoxy groups -OCH3 is 1. The Kier molecular flexibility index (Phi) is 5.69. The summed E-state index contributed by atoms with van der Waals surface area (Å²) in [7, 11) is 1.59. The van der Waals surface area contributed by atoms with E-state index in [0.717, 1.165) is 36.9 Å². The van der Waals surface area contributed by atoms with Gasteiger partial charge in [-0.25, -0.2) is 14.8 Å². The highest BCUT2D eigenvalue weighted by atomic mass is 16.5. The van der Waals surface area contributed by atoms with Gasteiger partial charge in [0.25, 0.3) is 0 Å². The number of ether oxygens (including phenoxy) is 1. The first-order valence-electron chi connectivity index (χ1n) is 9.74. The lowest BCUT2D eigenvalue weighted by Crippen LogP contribution is -2.40. The van der Waals surface area contributed by atoms with Crippen molar-refractivity contribution in [3.63, 3.8) is 0 Å². The number of hydrogen-bond donors (Lipinski definition) is 2. The maximum atomic E-state index is 12.4. The number of nitrogens with zero attached hydrogens (tertiary/aromatic N) is 4. The summed E-state index contributed by atoms with van der Waals surface area (Å²) in [5, 5.41) is 10.5. The fraction of sp³-hybridized carbons (Fsp3) is 0.333. The van der Waals surface area contributed by atoms with Crippen molar-refractivity contribution in [3.8, 4) is 17.0 Å². The summed E-state index contributed by atoms with van der Waals surface area (Å²) in [5.74, 6) is 0.643. The zero-order valence-electron chi connectivity index (χ0n) is 16.3. The summed E-state index contributed by atoms with van der Waals surface area (Å²) in [6.07, 6.45) is 10.9. The average Bonchev–Trinajstić information content (AvgIpc) is 3.25. The van der Waals surface area contributed by atoms with Crippen LogP contribution in [0.4, 0.5) is 10.5 Å². The lowest BCUT2D eigenvalue weighted by atomic mass is 9.91. The maximum absolute atomic E-state index is 12.4. The molecule has 1 aromatic carbocycles. The number of hydrogen-bond acceptors (Lipinski definition) is 5. The van der Waals surface area contributed by atoms with Gasteiger partial charge in [-0.15, -0.1) is 0 Å². The minimum Gasteiger partial charge on any atom is -0.495 e. The van der Waals surface area contributed by atoms with Crippen LogP contribution in [0, 0.1) is 0 Å². The second-order valence-corrected chi connectivity index (χ2v) is 7.11. The highest BCUT2D eigenvalue weighted by molar-refractivity contribution is 5.91. The normalized spacial score (nSPS) is 18.8. The van der Waals surface area contributed by atoms with E-state index in [1.807, 2.05) is 47.4 Å². The van der Waals surface area contributed by atoms with E-state index in [0.29, 0.717) is 17.5 Å². The molecule has 150 valence electrons. The van der Waals surface area contributed by atoms with Crippen molar-refractivity contribution in [1.82, 2.24) is 25.1 Å². The number of para-hydroxylation sites is 2. The molecule has 8 heteroatoms. The van der Waals surface area contributed by atoms with Gasteiger partial charge < -0.3 is 15.4 Å². The van der Waals surface area contributed by atoms with Crippen molar-refractivity contribution in [3.05, 3.63) is 55.2 Å². The van der Waals surface area contributed by atoms with E-state index in [2.05, 4.69) is 25.7 Å². The molecular weight excluding hydrogens is 368 g/mol. The Balaban J connectivity index is 1.29. The van der Waals surface area contributed by atoms with Gasteiger partial charge >= 0.3 is 6.03 Å². The van der Waals surface area contributed by atoms with E-state index in [-0.39, 0.29) is 12.1 Å². The monoisotopic (exact) mass is 392 g/mol. The van der Waals surface area contributed by atoms with Crippen LogP contribution in [0.3, 0.4) is 0 Å². The molecule has 1 aliphatic carbocycles. The molecule has 8 nitrogen and oxygen atoms in total. The van der Waals surface area contributed by atoms with Crippen molar-refractivity contribution in [2.24, 2.45) is 0 Å². The average molecular weight is 392 g/mol. The van der Waals surface area contributed by atoms with Crippen LogP contribution in [0.2, 0.25) is 0 Å². The first-order valence-corrected chi connectivity index (χ1v) is 9.74. The molecule has 2 aromatic heterocycles. The molecule has 2 heterocycles. The zero-order valence-corrected chi connectivity index (χ0v) is 16.3. The van der Waals surface area contributed by atoms with Crippen LogP contribution in [0.25, 0.3) is 11.3 Å². The molecule has 0 atom stereocenters. The molecule has 0 bridgehead atoms. The van der Waals surface area contributed by atoms with E-state index in [1.165, 1.54) is 0 Å². The highest BCUT2D eigenvalue weighted by Gasteiger charge is 2.24. The Labute approximate surface area is 169 Å². The van der Waals surface area contributed by atoms with E-state index in [1.54, 1.807) is 19.6 Å². The third-order valence-electron chi connectivity index (χ3n) is 5.24. The number of anilines is 1. The van der Waals surface area contributed by atoms with Gasteiger partial charge in [-0.3, -0.25) is 4.68 Å². The first kappa shape index (κ1) is 18.9. The molecule has 0 spiro atoms.